The second-order valence-electron chi connectivity index (χ2n) is 7.54. The van der Waals surface area contributed by atoms with Gasteiger partial charge in [-0.05, 0) is 49.6 Å². The summed E-state index contributed by atoms with van der Waals surface area (Å²) in [5.74, 6) is 1.75. The fourth-order valence-corrected chi connectivity index (χ4v) is 3.82. The zero-order valence-corrected chi connectivity index (χ0v) is 15.4. The van der Waals surface area contributed by atoms with Crippen LogP contribution >= 0.6 is 0 Å². The third-order valence-corrected chi connectivity index (χ3v) is 5.46. The normalized spacial score (nSPS) is 19.8. The molecular weight excluding hydrogens is 357 g/mol. The van der Waals surface area contributed by atoms with Crippen LogP contribution in [0.3, 0.4) is 0 Å². The zero-order chi connectivity index (χ0) is 19.3. The quantitative estimate of drug-likeness (QED) is 0.524. The number of aromatic nitrogens is 2. The van der Waals surface area contributed by atoms with Gasteiger partial charge in [-0.3, -0.25) is 4.79 Å². The number of nitrogens with one attached hydrogen (secondary N) is 2. The Morgan fingerprint density at radius 2 is 2.18 bits per heavy atom. The van der Waals surface area contributed by atoms with Crippen molar-refractivity contribution in [3.8, 4) is 0 Å². The smallest absolute Gasteiger partial charge is 0.220 e. The monoisotopic (exact) mass is 377 g/mol. The topological polar surface area (TPSA) is 70.9 Å². The predicted molar refractivity (Wildman–Crippen MR) is 104 cm³/mol. The van der Waals surface area contributed by atoms with Crippen LogP contribution < -0.4 is 5.32 Å². The van der Waals surface area contributed by atoms with Gasteiger partial charge in [0.15, 0.2) is 0 Å². The molecule has 1 aliphatic carbocycles. The molecule has 2 heterocycles. The summed E-state index contributed by atoms with van der Waals surface area (Å²) in [5.41, 5.74) is 2.47. The zero-order valence-electron chi connectivity index (χ0n) is 15.4. The number of rotatable bonds is 5. The van der Waals surface area contributed by atoms with Crippen LogP contribution in [0.1, 0.15) is 43.3 Å². The summed E-state index contributed by atoms with van der Waals surface area (Å²) in [6.45, 7) is 1.84. The molecule has 0 saturated heterocycles. The number of fused-ring (bicyclic) bond motifs is 2. The summed E-state index contributed by atoms with van der Waals surface area (Å²) in [5, 5.41) is 3.40. The van der Waals surface area contributed by atoms with E-state index in [1.54, 1.807) is 18.2 Å². The van der Waals surface area contributed by atoms with E-state index < -0.39 is 0 Å². The van der Waals surface area contributed by atoms with Crippen molar-refractivity contribution in [3.05, 3.63) is 65.9 Å². The lowest BCUT2D eigenvalue weighted by Gasteiger charge is -2.11. The van der Waals surface area contributed by atoms with E-state index in [1.165, 1.54) is 6.07 Å². The number of aromatic amines is 1. The molecule has 6 heteroatoms. The van der Waals surface area contributed by atoms with Gasteiger partial charge in [0.25, 0.3) is 0 Å². The van der Waals surface area contributed by atoms with Crippen molar-refractivity contribution in [2.75, 3.05) is 0 Å². The molecule has 142 valence electrons. The number of H-pyrrole nitrogens is 1. The van der Waals surface area contributed by atoms with Gasteiger partial charge < -0.3 is 14.7 Å². The SMILES string of the molecule is C[C@@H](NC(=O)C[C@@H]1C[C@@H]1c1nc2ccccc2[nH]1)c1cc2c(F)cccc2o1. The van der Waals surface area contributed by atoms with Crippen LogP contribution in [0.2, 0.25) is 0 Å². The van der Waals surface area contributed by atoms with Crippen LogP contribution in [0.5, 0.6) is 0 Å². The molecule has 2 aromatic heterocycles. The van der Waals surface area contributed by atoms with Crippen LogP contribution in [0, 0.1) is 11.7 Å². The number of nitrogens with zero attached hydrogens (tertiary/aromatic N) is 1. The Kier molecular flexibility index (Phi) is 3.93. The molecule has 2 N–H and O–H groups in total. The Balaban J connectivity index is 1.22. The largest absolute Gasteiger partial charge is 0.459 e. The lowest BCUT2D eigenvalue weighted by Crippen LogP contribution is -2.26. The highest BCUT2D eigenvalue weighted by molar-refractivity contribution is 5.80. The summed E-state index contributed by atoms with van der Waals surface area (Å²) in [4.78, 5) is 20.4. The molecule has 4 aromatic rings. The number of para-hydroxylation sites is 2. The summed E-state index contributed by atoms with van der Waals surface area (Å²) in [6.07, 6.45) is 1.40. The van der Waals surface area contributed by atoms with Gasteiger partial charge in [-0.25, -0.2) is 9.37 Å². The minimum atomic E-state index is -0.322. The number of carbonyl (C=O) groups excluding carboxylic acids is 1. The third-order valence-electron chi connectivity index (χ3n) is 5.46. The van der Waals surface area contributed by atoms with Crippen molar-refractivity contribution < 1.29 is 13.6 Å². The minimum absolute atomic E-state index is 0.0305. The number of imidazole rings is 1. The number of furan rings is 1. The first-order chi connectivity index (χ1) is 13.6. The Hall–Kier alpha value is -3.15. The Morgan fingerprint density at radius 1 is 1.32 bits per heavy atom. The summed E-state index contributed by atoms with van der Waals surface area (Å²) in [6, 6.07) is 14.0. The molecule has 3 atom stereocenters. The molecule has 0 spiro atoms. The second-order valence-corrected chi connectivity index (χ2v) is 7.54. The minimum Gasteiger partial charge on any atom is -0.459 e. The number of amides is 1. The summed E-state index contributed by atoms with van der Waals surface area (Å²) >= 11 is 0. The number of carbonyl (C=O) groups is 1. The number of benzene rings is 2. The standard InChI is InChI=1S/C22H20FN3O2/c1-12(20-11-15-16(23)5-4-8-19(15)28-20)24-21(27)10-13-9-14(13)22-25-17-6-2-3-7-18(17)26-22/h2-8,11-14H,9-10H2,1H3,(H,24,27)(H,25,26)/t12-,13+,14+/m1/s1. The first-order valence-corrected chi connectivity index (χ1v) is 9.50. The van der Waals surface area contributed by atoms with Crippen molar-refractivity contribution in [2.24, 2.45) is 5.92 Å². The van der Waals surface area contributed by atoms with Crippen LogP contribution in [-0.4, -0.2) is 15.9 Å². The molecule has 1 amide bonds. The average Bonchev–Trinajstić information content (AvgIpc) is 3.11. The van der Waals surface area contributed by atoms with E-state index in [1.807, 2.05) is 31.2 Å². The molecule has 0 radical (unpaired) electrons. The Labute approximate surface area is 161 Å². The van der Waals surface area contributed by atoms with E-state index in [2.05, 4.69) is 15.3 Å². The van der Waals surface area contributed by atoms with Crippen molar-refractivity contribution in [2.45, 2.75) is 31.7 Å². The maximum Gasteiger partial charge on any atom is 0.220 e. The van der Waals surface area contributed by atoms with E-state index in [4.69, 9.17) is 4.42 Å². The molecule has 0 bridgehead atoms. The lowest BCUT2D eigenvalue weighted by molar-refractivity contribution is -0.122. The van der Waals surface area contributed by atoms with Gasteiger partial charge in [0.05, 0.1) is 22.5 Å². The molecule has 28 heavy (non-hydrogen) atoms. The Morgan fingerprint density at radius 3 is 3.00 bits per heavy atom. The molecular formula is C22H20FN3O2. The fraction of sp³-hybridized carbons (Fsp3) is 0.273. The second kappa shape index (κ2) is 6.48. The summed E-state index contributed by atoms with van der Waals surface area (Å²) in [7, 11) is 0. The van der Waals surface area contributed by atoms with Crippen LogP contribution in [0.15, 0.2) is 52.9 Å². The van der Waals surface area contributed by atoms with E-state index >= 15 is 0 Å². The number of halogens is 1. The summed E-state index contributed by atoms with van der Waals surface area (Å²) < 4.78 is 19.5. The number of hydrogen-bond donors (Lipinski definition) is 2. The van der Waals surface area contributed by atoms with E-state index in [-0.39, 0.29) is 17.8 Å². The van der Waals surface area contributed by atoms with Gasteiger partial charge in [0.2, 0.25) is 5.91 Å². The molecule has 5 rings (SSSR count). The van der Waals surface area contributed by atoms with Crippen molar-refractivity contribution in [3.63, 3.8) is 0 Å². The van der Waals surface area contributed by atoms with E-state index in [0.717, 1.165) is 23.3 Å². The molecule has 0 unspecified atom stereocenters. The molecule has 1 aliphatic rings. The average molecular weight is 377 g/mol. The van der Waals surface area contributed by atoms with Gasteiger partial charge in [0.1, 0.15) is 23.0 Å². The maximum absolute atomic E-state index is 13.8. The van der Waals surface area contributed by atoms with E-state index in [0.29, 0.717) is 35.0 Å². The van der Waals surface area contributed by atoms with Crippen molar-refractivity contribution in [1.29, 1.82) is 0 Å². The maximum atomic E-state index is 13.8. The van der Waals surface area contributed by atoms with Crippen LogP contribution in [-0.2, 0) is 4.79 Å². The Bertz CT molecular complexity index is 1150. The third kappa shape index (κ3) is 3.05. The molecule has 1 saturated carbocycles. The number of hydrogen-bond acceptors (Lipinski definition) is 3. The predicted octanol–water partition coefficient (Wildman–Crippen LogP) is 4.82. The van der Waals surface area contributed by atoms with Gasteiger partial charge in [-0.1, -0.05) is 18.2 Å². The highest BCUT2D eigenvalue weighted by Gasteiger charge is 2.42. The van der Waals surface area contributed by atoms with Gasteiger partial charge in [0, 0.05) is 12.3 Å². The first kappa shape index (κ1) is 17.0. The van der Waals surface area contributed by atoms with Gasteiger partial charge >= 0.3 is 0 Å². The highest BCUT2D eigenvalue weighted by Crippen LogP contribution is 2.48. The molecule has 2 aromatic carbocycles. The lowest BCUT2D eigenvalue weighted by atomic mass is 10.2. The van der Waals surface area contributed by atoms with Crippen molar-refractivity contribution in [1.82, 2.24) is 15.3 Å². The first-order valence-electron chi connectivity index (χ1n) is 9.50. The molecule has 0 aliphatic heterocycles. The van der Waals surface area contributed by atoms with E-state index in [9.17, 15) is 9.18 Å². The van der Waals surface area contributed by atoms with Crippen LogP contribution in [0.4, 0.5) is 4.39 Å². The van der Waals surface area contributed by atoms with Gasteiger partial charge in [-0.15, -0.1) is 0 Å². The van der Waals surface area contributed by atoms with Gasteiger partial charge in [-0.2, -0.15) is 0 Å². The molecule has 1 fully saturated rings. The van der Waals surface area contributed by atoms with Crippen LogP contribution in [0.25, 0.3) is 22.0 Å². The van der Waals surface area contributed by atoms with Crippen molar-refractivity contribution >= 4 is 27.9 Å². The molecule has 5 nitrogen and oxygen atoms in total. The fourth-order valence-electron chi connectivity index (χ4n) is 3.82. The highest BCUT2D eigenvalue weighted by atomic mass is 19.1.